The van der Waals surface area contributed by atoms with Gasteiger partial charge in [-0.25, -0.2) is 9.78 Å². The standard InChI is InChI=1S/C28H31NO4S/c1-20-9-7-10-21(2)27(20)34-19-24-12-8-13-26(29-24)33-28(30)22(3)32-18-6-5-11-23-14-16-25(31-4)17-15-23/h7-10,12-17H,3,5-6,11,18-19H2,1-2,4H3. The summed E-state index contributed by atoms with van der Waals surface area (Å²) in [6.07, 6.45) is 2.68. The summed E-state index contributed by atoms with van der Waals surface area (Å²) in [5, 5.41) is 0. The number of aryl methyl sites for hydroxylation is 3. The Hall–Kier alpha value is -3.25. The van der Waals surface area contributed by atoms with E-state index in [4.69, 9.17) is 14.2 Å². The van der Waals surface area contributed by atoms with Gasteiger partial charge in [-0.3, -0.25) is 0 Å². The largest absolute Gasteiger partial charge is 0.497 e. The number of methoxy groups -OCH3 is 1. The molecule has 0 atom stereocenters. The zero-order valence-corrected chi connectivity index (χ0v) is 20.8. The van der Waals surface area contributed by atoms with Crippen molar-refractivity contribution >= 4 is 17.7 Å². The van der Waals surface area contributed by atoms with E-state index >= 15 is 0 Å². The second-order valence-corrected chi connectivity index (χ2v) is 8.93. The minimum absolute atomic E-state index is 0.0124. The number of aromatic nitrogens is 1. The van der Waals surface area contributed by atoms with Gasteiger partial charge in [0.05, 0.1) is 19.4 Å². The molecule has 0 aliphatic heterocycles. The van der Waals surface area contributed by atoms with Crippen molar-refractivity contribution in [3.05, 3.63) is 95.4 Å². The van der Waals surface area contributed by atoms with Crippen molar-refractivity contribution < 1.29 is 19.0 Å². The Morgan fingerprint density at radius 2 is 1.68 bits per heavy atom. The fourth-order valence-electron chi connectivity index (χ4n) is 3.40. The Kier molecular flexibility index (Phi) is 9.59. The normalized spacial score (nSPS) is 10.6. The summed E-state index contributed by atoms with van der Waals surface area (Å²) in [6.45, 7) is 8.31. The minimum atomic E-state index is -0.623. The van der Waals surface area contributed by atoms with Crippen LogP contribution in [0, 0.1) is 13.8 Å². The lowest BCUT2D eigenvalue weighted by Crippen LogP contribution is -2.14. The van der Waals surface area contributed by atoms with Crippen molar-refractivity contribution in [1.29, 1.82) is 0 Å². The van der Waals surface area contributed by atoms with Crippen molar-refractivity contribution in [1.82, 2.24) is 4.98 Å². The molecule has 0 saturated heterocycles. The van der Waals surface area contributed by atoms with Gasteiger partial charge in [-0.1, -0.05) is 36.4 Å². The lowest BCUT2D eigenvalue weighted by Gasteiger charge is -2.10. The quantitative estimate of drug-likeness (QED) is 0.0981. The molecule has 5 nitrogen and oxygen atoms in total. The van der Waals surface area contributed by atoms with Gasteiger partial charge in [0.2, 0.25) is 5.88 Å². The van der Waals surface area contributed by atoms with Crippen LogP contribution in [0.5, 0.6) is 11.6 Å². The van der Waals surface area contributed by atoms with E-state index < -0.39 is 5.97 Å². The first-order valence-corrected chi connectivity index (χ1v) is 12.3. The van der Waals surface area contributed by atoms with Crippen LogP contribution in [0.3, 0.4) is 0 Å². The van der Waals surface area contributed by atoms with Gasteiger partial charge in [0.15, 0.2) is 5.76 Å². The van der Waals surface area contributed by atoms with Crippen LogP contribution in [-0.4, -0.2) is 24.7 Å². The highest BCUT2D eigenvalue weighted by atomic mass is 32.2. The number of benzene rings is 2. The van der Waals surface area contributed by atoms with Gasteiger partial charge < -0.3 is 14.2 Å². The lowest BCUT2D eigenvalue weighted by atomic mass is 10.1. The number of carbonyl (C=O) groups is 1. The molecule has 0 unspecified atom stereocenters. The predicted octanol–water partition coefficient (Wildman–Crippen LogP) is 6.46. The van der Waals surface area contributed by atoms with Crippen LogP contribution in [0.2, 0.25) is 0 Å². The molecule has 0 aliphatic rings. The average Bonchev–Trinajstić information content (AvgIpc) is 2.84. The SMILES string of the molecule is C=C(OCCCCc1ccc(OC)cc1)C(=O)Oc1cccc(CSc2c(C)cccc2C)n1. The number of carbonyl (C=O) groups excluding carboxylic acids is 1. The maximum atomic E-state index is 12.3. The van der Waals surface area contributed by atoms with Crippen molar-refractivity contribution in [2.75, 3.05) is 13.7 Å². The van der Waals surface area contributed by atoms with Gasteiger partial charge in [-0.05, 0) is 74.6 Å². The zero-order chi connectivity index (χ0) is 24.3. The second kappa shape index (κ2) is 12.8. The number of esters is 1. The minimum Gasteiger partial charge on any atom is -0.497 e. The number of nitrogens with zero attached hydrogens (tertiary/aromatic N) is 1. The predicted molar refractivity (Wildman–Crippen MR) is 136 cm³/mol. The topological polar surface area (TPSA) is 57.7 Å². The maximum Gasteiger partial charge on any atom is 0.379 e. The highest BCUT2D eigenvalue weighted by Gasteiger charge is 2.13. The number of hydrogen-bond acceptors (Lipinski definition) is 6. The molecule has 0 spiro atoms. The molecule has 6 heteroatoms. The Morgan fingerprint density at radius 3 is 2.38 bits per heavy atom. The molecule has 0 amide bonds. The summed E-state index contributed by atoms with van der Waals surface area (Å²) in [6, 6.07) is 19.7. The first-order chi connectivity index (χ1) is 16.5. The molecule has 0 radical (unpaired) electrons. The fraction of sp³-hybridized carbons (Fsp3) is 0.286. The number of thioether (sulfide) groups is 1. The highest BCUT2D eigenvalue weighted by molar-refractivity contribution is 7.98. The molecule has 0 N–H and O–H groups in total. The van der Waals surface area contributed by atoms with Crippen molar-refractivity contribution in [2.24, 2.45) is 0 Å². The van der Waals surface area contributed by atoms with Crippen LogP contribution in [0.1, 0.15) is 35.2 Å². The van der Waals surface area contributed by atoms with Gasteiger partial charge in [0.1, 0.15) is 5.75 Å². The molecule has 0 saturated carbocycles. The molecule has 1 heterocycles. The third kappa shape index (κ3) is 7.66. The van der Waals surface area contributed by atoms with E-state index in [2.05, 4.69) is 55.7 Å². The summed E-state index contributed by atoms with van der Waals surface area (Å²) < 4.78 is 16.0. The molecule has 1 aromatic heterocycles. The van der Waals surface area contributed by atoms with Crippen molar-refractivity contribution in [2.45, 2.75) is 43.8 Å². The Morgan fingerprint density at radius 1 is 0.971 bits per heavy atom. The number of pyridine rings is 1. The maximum absolute atomic E-state index is 12.3. The van der Waals surface area contributed by atoms with Gasteiger partial charge in [-0.2, -0.15) is 0 Å². The first-order valence-electron chi connectivity index (χ1n) is 11.3. The summed E-state index contributed by atoms with van der Waals surface area (Å²) in [5.41, 5.74) is 4.55. The molecular formula is C28H31NO4S. The van der Waals surface area contributed by atoms with Crippen LogP contribution in [0.4, 0.5) is 0 Å². The molecule has 34 heavy (non-hydrogen) atoms. The monoisotopic (exact) mass is 477 g/mol. The third-order valence-electron chi connectivity index (χ3n) is 5.27. The average molecular weight is 478 g/mol. The van der Waals surface area contributed by atoms with Crippen LogP contribution in [-0.2, 0) is 21.7 Å². The van der Waals surface area contributed by atoms with E-state index in [0.29, 0.717) is 12.4 Å². The zero-order valence-electron chi connectivity index (χ0n) is 20.0. The van der Waals surface area contributed by atoms with Gasteiger partial charge in [0.25, 0.3) is 0 Å². The third-order valence-corrected chi connectivity index (χ3v) is 6.65. The number of ether oxygens (including phenoxy) is 3. The van der Waals surface area contributed by atoms with E-state index in [-0.39, 0.29) is 11.6 Å². The number of hydrogen-bond donors (Lipinski definition) is 0. The smallest absolute Gasteiger partial charge is 0.379 e. The van der Waals surface area contributed by atoms with E-state index in [1.807, 2.05) is 24.3 Å². The molecule has 0 fully saturated rings. The van der Waals surface area contributed by atoms with Crippen LogP contribution in [0.15, 0.2) is 77.9 Å². The first kappa shape index (κ1) is 25.4. The summed E-state index contributed by atoms with van der Waals surface area (Å²) in [7, 11) is 1.66. The van der Waals surface area contributed by atoms with E-state index in [1.165, 1.54) is 21.6 Å². The van der Waals surface area contributed by atoms with Gasteiger partial charge in [0, 0.05) is 16.7 Å². The number of unbranched alkanes of at least 4 members (excludes halogenated alkanes) is 1. The highest BCUT2D eigenvalue weighted by Crippen LogP contribution is 2.29. The molecule has 0 bridgehead atoms. The van der Waals surface area contributed by atoms with Crippen LogP contribution < -0.4 is 9.47 Å². The number of rotatable bonds is 12. The van der Waals surface area contributed by atoms with E-state index in [0.717, 1.165) is 30.7 Å². The Balaban J connectivity index is 1.40. The van der Waals surface area contributed by atoms with Crippen LogP contribution >= 0.6 is 11.8 Å². The Bertz CT molecular complexity index is 1090. The van der Waals surface area contributed by atoms with Crippen molar-refractivity contribution in [3.63, 3.8) is 0 Å². The molecular weight excluding hydrogens is 446 g/mol. The molecule has 3 aromatic rings. The van der Waals surface area contributed by atoms with Crippen molar-refractivity contribution in [3.8, 4) is 11.6 Å². The molecule has 178 valence electrons. The Labute approximate surface area is 206 Å². The summed E-state index contributed by atoms with van der Waals surface area (Å²) in [4.78, 5) is 18.0. The van der Waals surface area contributed by atoms with Gasteiger partial charge in [-0.15, -0.1) is 11.8 Å². The van der Waals surface area contributed by atoms with E-state index in [9.17, 15) is 4.79 Å². The molecule has 2 aromatic carbocycles. The summed E-state index contributed by atoms with van der Waals surface area (Å²) >= 11 is 1.73. The second-order valence-electron chi connectivity index (χ2n) is 7.94. The fourth-order valence-corrected chi connectivity index (χ4v) is 4.44. The molecule has 3 rings (SSSR count). The lowest BCUT2D eigenvalue weighted by molar-refractivity contribution is -0.134. The molecule has 0 aliphatic carbocycles. The summed E-state index contributed by atoms with van der Waals surface area (Å²) in [5.74, 6) is 1.14. The van der Waals surface area contributed by atoms with Crippen LogP contribution in [0.25, 0.3) is 0 Å². The van der Waals surface area contributed by atoms with Gasteiger partial charge >= 0.3 is 5.97 Å². The van der Waals surface area contributed by atoms with E-state index in [1.54, 1.807) is 24.9 Å².